The summed E-state index contributed by atoms with van der Waals surface area (Å²) in [4.78, 5) is 33.2. The van der Waals surface area contributed by atoms with E-state index >= 15 is 0 Å². The van der Waals surface area contributed by atoms with Gasteiger partial charge in [-0.05, 0) is 33.1 Å². The molecule has 0 aliphatic rings. The minimum atomic E-state index is -1.16. The largest absolute Gasteiger partial charge is 0.478 e. The highest BCUT2D eigenvalue weighted by atomic mass is 17.2. The van der Waals surface area contributed by atoms with Crippen molar-refractivity contribution in [2.24, 2.45) is 0 Å². The number of ether oxygens (including phenoxy) is 1. The molecular weight excluding hydrogens is 300 g/mol. The summed E-state index contributed by atoms with van der Waals surface area (Å²) in [5.41, 5.74) is -0.348. The van der Waals surface area contributed by atoms with E-state index in [1.807, 2.05) is 20.8 Å². The first-order chi connectivity index (χ1) is 10.7. The van der Waals surface area contributed by atoms with E-state index in [1.165, 1.54) is 6.92 Å². The maximum Gasteiger partial charge on any atom is 0.336 e. The summed E-state index contributed by atoms with van der Waals surface area (Å²) in [6.45, 7) is 9.26. The molecule has 0 saturated carbocycles. The summed E-state index contributed by atoms with van der Waals surface area (Å²) in [6, 6.07) is 0. The molecular formula is C17H30O6. The van der Waals surface area contributed by atoms with E-state index in [9.17, 15) is 9.59 Å². The third-order valence-corrected chi connectivity index (χ3v) is 3.39. The molecule has 0 aliphatic heterocycles. The molecule has 0 aromatic carbocycles. The van der Waals surface area contributed by atoms with Crippen molar-refractivity contribution in [3.05, 3.63) is 11.6 Å². The van der Waals surface area contributed by atoms with Gasteiger partial charge in [-0.1, -0.05) is 33.1 Å². The average molecular weight is 330 g/mol. The van der Waals surface area contributed by atoms with Crippen molar-refractivity contribution >= 4 is 11.9 Å². The number of rotatable bonds is 12. The minimum Gasteiger partial charge on any atom is -0.478 e. The summed E-state index contributed by atoms with van der Waals surface area (Å²) in [7, 11) is 0. The van der Waals surface area contributed by atoms with Gasteiger partial charge in [-0.15, -0.1) is 0 Å². The molecule has 0 fully saturated rings. The van der Waals surface area contributed by atoms with Crippen LogP contribution in [0.25, 0.3) is 0 Å². The van der Waals surface area contributed by atoms with Crippen LogP contribution in [0.4, 0.5) is 0 Å². The molecule has 0 amide bonds. The zero-order chi connectivity index (χ0) is 17.9. The van der Waals surface area contributed by atoms with E-state index in [0.29, 0.717) is 6.42 Å². The maximum atomic E-state index is 12.1. The fourth-order valence-corrected chi connectivity index (χ4v) is 1.63. The van der Waals surface area contributed by atoms with Gasteiger partial charge in [-0.2, -0.15) is 4.89 Å². The van der Waals surface area contributed by atoms with Gasteiger partial charge in [0.15, 0.2) is 0 Å². The van der Waals surface area contributed by atoms with Crippen LogP contribution in [0, 0.1) is 0 Å². The fraction of sp³-hybridized carbons (Fsp3) is 0.765. The molecule has 1 atom stereocenters. The summed E-state index contributed by atoms with van der Waals surface area (Å²) < 4.78 is 5.09. The number of carbonyl (C=O) groups is 2. The zero-order valence-corrected chi connectivity index (χ0v) is 14.9. The average Bonchev–Trinajstić information content (AvgIpc) is 2.48. The number of hydrogen-bond donors (Lipinski definition) is 1. The van der Waals surface area contributed by atoms with E-state index in [0.717, 1.165) is 38.2 Å². The second-order valence-corrected chi connectivity index (χ2v) is 6.08. The summed E-state index contributed by atoms with van der Waals surface area (Å²) in [5, 5.41) is 8.87. The molecule has 0 spiro atoms. The number of carboxylic acids is 1. The van der Waals surface area contributed by atoms with Gasteiger partial charge in [0.05, 0.1) is 5.60 Å². The van der Waals surface area contributed by atoms with Gasteiger partial charge < -0.3 is 9.84 Å². The van der Waals surface area contributed by atoms with Crippen LogP contribution in [0.5, 0.6) is 0 Å². The molecule has 0 aromatic heterocycles. The molecule has 0 rings (SSSR count). The monoisotopic (exact) mass is 330 g/mol. The molecule has 6 nitrogen and oxygen atoms in total. The Morgan fingerprint density at radius 1 is 1.17 bits per heavy atom. The fourth-order valence-electron chi connectivity index (χ4n) is 1.63. The Hall–Kier alpha value is -1.40. The normalized spacial score (nSPS) is 13.7. The first-order valence-electron chi connectivity index (χ1n) is 8.20. The quantitative estimate of drug-likeness (QED) is 0.145. The second-order valence-electron chi connectivity index (χ2n) is 6.08. The first-order valence-corrected chi connectivity index (χ1v) is 8.20. The number of aliphatic carboxylic acids is 1. The number of unbranched alkanes of at least 4 members (excludes halogenated alkanes) is 3. The second kappa shape index (κ2) is 11.2. The van der Waals surface area contributed by atoms with Gasteiger partial charge in [-0.3, -0.25) is 0 Å². The Bertz CT molecular complexity index is 400. The van der Waals surface area contributed by atoms with Crippen LogP contribution in [0.2, 0.25) is 0 Å². The SMILES string of the molecule is CCCCCCC(=CC(=O)O)C(=O)OC(C)OOC(C)(C)CC. The van der Waals surface area contributed by atoms with Crippen LogP contribution >= 0.6 is 0 Å². The number of carbonyl (C=O) groups excluding carboxylic acids is 1. The lowest BCUT2D eigenvalue weighted by molar-refractivity contribution is -0.408. The molecule has 134 valence electrons. The van der Waals surface area contributed by atoms with E-state index in [-0.39, 0.29) is 5.57 Å². The van der Waals surface area contributed by atoms with Gasteiger partial charge >= 0.3 is 11.9 Å². The van der Waals surface area contributed by atoms with Crippen LogP contribution in [0.3, 0.4) is 0 Å². The Balaban J connectivity index is 4.50. The molecule has 1 N–H and O–H groups in total. The van der Waals surface area contributed by atoms with Crippen molar-refractivity contribution in [1.29, 1.82) is 0 Å². The minimum absolute atomic E-state index is 0.138. The third-order valence-electron chi connectivity index (χ3n) is 3.39. The predicted octanol–water partition coefficient (Wildman–Crippen LogP) is 3.99. The standard InChI is InChI=1S/C17H30O6/c1-6-8-9-10-11-14(12-15(18)19)16(20)21-13(3)22-23-17(4,5)7-2/h12-13H,6-11H2,1-5H3,(H,18,19). The van der Waals surface area contributed by atoms with Gasteiger partial charge in [0.2, 0.25) is 6.29 Å². The van der Waals surface area contributed by atoms with Gasteiger partial charge in [0, 0.05) is 18.6 Å². The van der Waals surface area contributed by atoms with Gasteiger partial charge in [0.1, 0.15) is 0 Å². The Morgan fingerprint density at radius 2 is 1.83 bits per heavy atom. The predicted molar refractivity (Wildman–Crippen MR) is 86.6 cm³/mol. The van der Waals surface area contributed by atoms with Crippen LogP contribution in [-0.4, -0.2) is 28.9 Å². The first kappa shape index (κ1) is 21.6. The third kappa shape index (κ3) is 10.9. The van der Waals surface area contributed by atoms with Crippen molar-refractivity contribution < 1.29 is 29.2 Å². The van der Waals surface area contributed by atoms with E-state index in [1.54, 1.807) is 0 Å². The van der Waals surface area contributed by atoms with Crippen LogP contribution in [-0.2, 0) is 24.1 Å². The molecule has 0 aliphatic carbocycles. The van der Waals surface area contributed by atoms with Crippen LogP contribution < -0.4 is 0 Å². The Kier molecular flexibility index (Phi) is 10.5. The van der Waals surface area contributed by atoms with Gasteiger partial charge in [-0.25, -0.2) is 14.5 Å². The zero-order valence-electron chi connectivity index (χ0n) is 14.9. The smallest absolute Gasteiger partial charge is 0.336 e. The topological polar surface area (TPSA) is 82.1 Å². The van der Waals surface area contributed by atoms with Crippen molar-refractivity contribution in [2.75, 3.05) is 0 Å². The number of hydrogen-bond acceptors (Lipinski definition) is 5. The lowest BCUT2D eigenvalue weighted by atomic mass is 10.1. The number of esters is 1. The summed E-state index contributed by atoms with van der Waals surface area (Å²) in [5.74, 6) is -1.85. The van der Waals surface area contributed by atoms with Crippen molar-refractivity contribution in [3.8, 4) is 0 Å². The van der Waals surface area contributed by atoms with E-state index < -0.39 is 23.8 Å². The van der Waals surface area contributed by atoms with Crippen molar-refractivity contribution in [2.45, 2.75) is 85.0 Å². The van der Waals surface area contributed by atoms with Crippen LogP contribution in [0.1, 0.15) is 73.1 Å². The Labute approximate surface area is 138 Å². The highest BCUT2D eigenvalue weighted by Gasteiger charge is 2.21. The maximum absolute atomic E-state index is 12.1. The molecule has 6 heteroatoms. The van der Waals surface area contributed by atoms with E-state index in [4.69, 9.17) is 19.6 Å². The highest BCUT2D eigenvalue weighted by molar-refractivity contribution is 5.95. The molecule has 0 heterocycles. The molecule has 23 heavy (non-hydrogen) atoms. The summed E-state index contributed by atoms with van der Waals surface area (Å²) >= 11 is 0. The molecule has 1 unspecified atom stereocenters. The van der Waals surface area contributed by atoms with E-state index in [2.05, 4.69) is 6.92 Å². The summed E-state index contributed by atoms with van der Waals surface area (Å²) in [6.07, 6.45) is 4.90. The highest BCUT2D eigenvalue weighted by Crippen LogP contribution is 2.17. The van der Waals surface area contributed by atoms with Crippen molar-refractivity contribution in [1.82, 2.24) is 0 Å². The lowest BCUT2D eigenvalue weighted by Crippen LogP contribution is -2.28. The number of carboxylic acid groups (broad SMARTS) is 1. The Morgan fingerprint density at radius 3 is 2.35 bits per heavy atom. The lowest BCUT2D eigenvalue weighted by Gasteiger charge is -2.24. The molecule has 0 bridgehead atoms. The van der Waals surface area contributed by atoms with Crippen molar-refractivity contribution in [3.63, 3.8) is 0 Å². The van der Waals surface area contributed by atoms with Gasteiger partial charge in [0.25, 0.3) is 0 Å². The molecule has 0 saturated heterocycles. The molecule has 0 aromatic rings. The van der Waals surface area contributed by atoms with Crippen LogP contribution in [0.15, 0.2) is 11.6 Å². The molecule has 0 radical (unpaired) electrons.